The molecule has 1 aromatic heterocycles. The zero-order valence-corrected chi connectivity index (χ0v) is 9.87. The third-order valence-corrected chi connectivity index (χ3v) is 2.89. The summed E-state index contributed by atoms with van der Waals surface area (Å²) in [4.78, 5) is 4.41. The number of fused-ring (bicyclic) bond motifs is 1. The van der Waals surface area contributed by atoms with Crippen LogP contribution in [0.5, 0.6) is 5.75 Å². The molecule has 0 aliphatic carbocycles. The Morgan fingerprint density at radius 2 is 1.78 bits per heavy atom. The highest BCUT2D eigenvalue weighted by molar-refractivity contribution is 5.80. The summed E-state index contributed by atoms with van der Waals surface area (Å²) < 4.78 is 6.21. The first kappa shape index (κ1) is 10.7. The van der Waals surface area contributed by atoms with Crippen LogP contribution in [0.3, 0.4) is 0 Å². The van der Waals surface area contributed by atoms with Crippen LogP contribution in [0.4, 0.5) is 0 Å². The molecule has 0 aliphatic heterocycles. The van der Waals surface area contributed by atoms with Gasteiger partial charge in [0.25, 0.3) is 0 Å². The molecular weight excluding hydrogens is 228 g/mol. The topological polar surface area (TPSA) is 47.3 Å². The van der Waals surface area contributed by atoms with Crippen LogP contribution in [0.1, 0.15) is 0 Å². The Morgan fingerprint density at radius 1 is 1.06 bits per heavy atom. The number of hydrogen-bond acceptors (Lipinski definition) is 3. The fraction of sp³-hybridized carbons (Fsp3) is 0.0714. The molecule has 0 amide bonds. The van der Waals surface area contributed by atoms with E-state index in [4.69, 9.17) is 4.74 Å². The second kappa shape index (κ2) is 4.07. The fourth-order valence-electron chi connectivity index (χ4n) is 1.94. The van der Waals surface area contributed by atoms with Crippen molar-refractivity contribution in [3.8, 4) is 17.1 Å². The van der Waals surface area contributed by atoms with Gasteiger partial charge in [0.1, 0.15) is 11.3 Å². The predicted octanol–water partition coefficient (Wildman–Crippen LogP) is 2.95. The van der Waals surface area contributed by atoms with Crippen molar-refractivity contribution in [2.24, 2.45) is 0 Å². The van der Waals surface area contributed by atoms with Gasteiger partial charge in [0.05, 0.1) is 12.6 Å². The van der Waals surface area contributed by atoms with E-state index in [0.29, 0.717) is 11.3 Å². The van der Waals surface area contributed by atoms with Crippen molar-refractivity contribution >= 4 is 11.0 Å². The fourth-order valence-corrected chi connectivity index (χ4v) is 1.94. The average molecular weight is 240 g/mol. The number of hydrogen-bond donors (Lipinski definition) is 1. The molecule has 18 heavy (non-hydrogen) atoms. The van der Waals surface area contributed by atoms with E-state index in [1.165, 1.54) is 0 Å². The van der Waals surface area contributed by atoms with Gasteiger partial charge in [0.2, 0.25) is 0 Å². The van der Waals surface area contributed by atoms with Crippen molar-refractivity contribution < 1.29 is 9.94 Å². The van der Waals surface area contributed by atoms with Crippen molar-refractivity contribution in [2.45, 2.75) is 0 Å². The molecule has 0 aliphatic rings. The smallest absolute Gasteiger partial charge is 0.176 e. The summed E-state index contributed by atoms with van der Waals surface area (Å²) in [5, 5.41) is 10.1. The number of ether oxygens (including phenoxy) is 1. The summed E-state index contributed by atoms with van der Waals surface area (Å²) in [6.45, 7) is 0. The van der Waals surface area contributed by atoms with E-state index < -0.39 is 0 Å². The summed E-state index contributed by atoms with van der Waals surface area (Å²) in [5.41, 5.74) is 2.31. The maximum absolute atomic E-state index is 10.1. The molecule has 4 heteroatoms. The zero-order valence-electron chi connectivity index (χ0n) is 9.87. The molecule has 0 spiro atoms. The summed E-state index contributed by atoms with van der Waals surface area (Å²) in [6, 6.07) is 14.9. The lowest BCUT2D eigenvalue weighted by Crippen LogP contribution is -1.94. The molecule has 0 saturated carbocycles. The van der Waals surface area contributed by atoms with E-state index in [9.17, 15) is 5.21 Å². The largest absolute Gasteiger partial charge is 0.497 e. The Labute approximate surface area is 104 Å². The lowest BCUT2D eigenvalue weighted by Gasteiger charge is -2.02. The van der Waals surface area contributed by atoms with Crippen molar-refractivity contribution in [3.05, 3.63) is 48.5 Å². The van der Waals surface area contributed by atoms with Gasteiger partial charge in [-0.05, 0) is 36.4 Å². The number of benzene rings is 2. The molecule has 1 heterocycles. The summed E-state index contributed by atoms with van der Waals surface area (Å²) in [5.74, 6) is 1.30. The van der Waals surface area contributed by atoms with Gasteiger partial charge in [0.15, 0.2) is 5.82 Å². The van der Waals surface area contributed by atoms with Gasteiger partial charge >= 0.3 is 0 Å². The van der Waals surface area contributed by atoms with Crippen LogP contribution in [0, 0.1) is 0 Å². The molecule has 0 radical (unpaired) electrons. The molecule has 0 atom stereocenters. The van der Waals surface area contributed by atoms with E-state index in [2.05, 4.69) is 4.98 Å². The quantitative estimate of drug-likeness (QED) is 0.700. The first-order valence-electron chi connectivity index (χ1n) is 5.61. The highest BCUT2D eigenvalue weighted by Gasteiger charge is 2.11. The molecule has 4 nitrogen and oxygen atoms in total. The van der Waals surface area contributed by atoms with Crippen LogP contribution in [0.15, 0.2) is 48.5 Å². The maximum Gasteiger partial charge on any atom is 0.176 e. The molecule has 0 unspecified atom stereocenters. The van der Waals surface area contributed by atoms with Gasteiger partial charge in [-0.25, -0.2) is 4.98 Å². The average Bonchev–Trinajstić information content (AvgIpc) is 2.77. The Hall–Kier alpha value is -2.49. The third kappa shape index (κ3) is 1.59. The number of nitrogens with zero attached hydrogens (tertiary/aromatic N) is 2. The maximum atomic E-state index is 10.1. The van der Waals surface area contributed by atoms with Gasteiger partial charge in [-0.15, -0.1) is 0 Å². The lowest BCUT2D eigenvalue weighted by molar-refractivity contribution is 0.203. The Bertz CT molecular complexity index is 687. The SMILES string of the molecule is COc1ccc(-c2nc3ccccc3n2O)cc1. The summed E-state index contributed by atoms with van der Waals surface area (Å²) >= 11 is 0. The lowest BCUT2D eigenvalue weighted by atomic mass is 10.2. The minimum atomic E-state index is 0.527. The van der Waals surface area contributed by atoms with E-state index in [-0.39, 0.29) is 0 Å². The number of aromatic nitrogens is 2. The number of imidazole rings is 1. The van der Waals surface area contributed by atoms with Crippen molar-refractivity contribution in [3.63, 3.8) is 0 Å². The number of rotatable bonds is 2. The van der Waals surface area contributed by atoms with Gasteiger partial charge in [0, 0.05) is 5.56 Å². The Balaban J connectivity index is 2.15. The minimum Gasteiger partial charge on any atom is -0.497 e. The second-order valence-electron chi connectivity index (χ2n) is 3.96. The molecule has 90 valence electrons. The van der Waals surface area contributed by atoms with Gasteiger partial charge in [-0.3, -0.25) is 0 Å². The first-order valence-corrected chi connectivity index (χ1v) is 5.61. The van der Waals surface area contributed by atoms with E-state index in [1.54, 1.807) is 7.11 Å². The first-order chi connectivity index (χ1) is 8.79. The Kier molecular flexibility index (Phi) is 2.41. The third-order valence-electron chi connectivity index (χ3n) is 2.89. The van der Waals surface area contributed by atoms with Crippen LogP contribution >= 0.6 is 0 Å². The molecule has 0 saturated heterocycles. The van der Waals surface area contributed by atoms with Crippen LogP contribution < -0.4 is 4.74 Å². The van der Waals surface area contributed by atoms with E-state index in [1.807, 2.05) is 48.5 Å². The molecule has 1 N–H and O–H groups in total. The van der Waals surface area contributed by atoms with Crippen LogP contribution in [0.2, 0.25) is 0 Å². The monoisotopic (exact) mass is 240 g/mol. The standard InChI is InChI=1S/C14H12N2O2/c1-18-11-8-6-10(7-9-11)14-15-12-4-2-3-5-13(12)16(14)17/h2-9,17H,1H3. The van der Waals surface area contributed by atoms with Crippen molar-refractivity contribution in [1.29, 1.82) is 0 Å². The summed E-state index contributed by atoms with van der Waals surface area (Å²) in [6.07, 6.45) is 0. The zero-order chi connectivity index (χ0) is 12.5. The van der Waals surface area contributed by atoms with Gasteiger partial charge < -0.3 is 9.94 Å². The second-order valence-corrected chi connectivity index (χ2v) is 3.96. The molecule has 3 aromatic rings. The summed E-state index contributed by atoms with van der Waals surface area (Å²) in [7, 11) is 1.62. The van der Waals surface area contributed by atoms with Crippen LogP contribution in [0.25, 0.3) is 22.4 Å². The van der Waals surface area contributed by atoms with Crippen LogP contribution in [-0.2, 0) is 0 Å². The van der Waals surface area contributed by atoms with Gasteiger partial charge in [-0.1, -0.05) is 12.1 Å². The molecule has 3 rings (SSSR count). The normalized spacial score (nSPS) is 10.7. The van der Waals surface area contributed by atoms with Gasteiger partial charge in [-0.2, -0.15) is 4.73 Å². The number of methoxy groups -OCH3 is 1. The van der Waals surface area contributed by atoms with E-state index in [0.717, 1.165) is 21.6 Å². The van der Waals surface area contributed by atoms with Crippen molar-refractivity contribution in [1.82, 2.24) is 9.71 Å². The molecule has 2 aromatic carbocycles. The van der Waals surface area contributed by atoms with Crippen molar-refractivity contribution in [2.75, 3.05) is 7.11 Å². The Morgan fingerprint density at radius 3 is 2.44 bits per heavy atom. The number of para-hydroxylation sites is 2. The minimum absolute atomic E-state index is 0.527. The highest BCUT2D eigenvalue weighted by atomic mass is 16.5. The predicted molar refractivity (Wildman–Crippen MR) is 68.9 cm³/mol. The molecule has 0 bridgehead atoms. The highest BCUT2D eigenvalue weighted by Crippen LogP contribution is 2.24. The van der Waals surface area contributed by atoms with Crippen LogP contribution in [-0.4, -0.2) is 22.0 Å². The molecule has 0 fully saturated rings. The van der Waals surface area contributed by atoms with E-state index >= 15 is 0 Å². The molecular formula is C14H12N2O2.